The molecule has 3 aromatic rings. The standard InChI is InChI=1S/C19H23N5.HI/c1-3-14-8-7-9-15(4-2)18(14)23-19(20)21-12-16-13-24-11-6-5-10-17(24)22-16;/h5-11,13H,3-4,12H2,1-2H3,(H3,20,21,23);1H. The number of hydrogen-bond donors (Lipinski definition) is 2. The summed E-state index contributed by atoms with van der Waals surface area (Å²) in [7, 11) is 0. The number of nitrogens with zero attached hydrogens (tertiary/aromatic N) is 3. The second-order valence-electron chi connectivity index (χ2n) is 5.68. The topological polar surface area (TPSA) is 67.7 Å². The molecule has 0 saturated carbocycles. The van der Waals surface area contributed by atoms with Gasteiger partial charge in [-0.15, -0.1) is 24.0 Å². The minimum atomic E-state index is 0. The summed E-state index contributed by atoms with van der Waals surface area (Å²) in [6, 6.07) is 12.3. The number of imidazole rings is 1. The Morgan fingerprint density at radius 3 is 2.48 bits per heavy atom. The molecule has 0 radical (unpaired) electrons. The minimum Gasteiger partial charge on any atom is -0.370 e. The molecule has 0 saturated heterocycles. The molecule has 2 heterocycles. The van der Waals surface area contributed by atoms with Gasteiger partial charge in [-0.25, -0.2) is 9.98 Å². The number of guanidine groups is 1. The lowest BCUT2D eigenvalue weighted by Gasteiger charge is -2.14. The molecule has 1 aromatic carbocycles. The van der Waals surface area contributed by atoms with Gasteiger partial charge in [-0.2, -0.15) is 0 Å². The normalized spacial score (nSPS) is 11.4. The molecule has 0 aliphatic rings. The van der Waals surface area contributed by atoms with Crippen LogP contribution in [0.3, 0.4) is 0 Å². The van der Waals surface area contributed by atoms with Gasteiger partial charge in [-0.1, -0.05) is 38.1 Å². The Balaban J connectivity index is 0.00000225. The molecule has 0 fully saturated rings. The van der Waals surface area contributed by atoms with Crippen molar-refractivity contribution in [1.29, 1.82) is 0 Å². The number of fused-ring (bicyclic) bond motifs is 1. The fraction of sp³-hybridized carbons (Fsp3) is 0.263. The summed E-state index contributed by atoms with van der Waals surface area (Å²) >= 11 is 0. The zero-order valence-electron chi connectivity index (χ0n) is 14.6. The van der Waals surface area contributed by atoms with Crippen LogP contribution in [0.2, 0.25) is 0 Å². The highest BCUT2D eigenvalue weighted by atomic mass is 127. The second-order valence-corrected chi connectivity index (χ2v) is 5.68. The first kappa shape index (κ1) is 19.2. The molecule has 0 atom stereocenters. The van der Waals surface area contributed by atoms with E-state index in [1.54, 1.807) is 0 Å². The van der Waals surface area contributed by atoms with Crippen molar-refractivity contribution >= 4 is 41.3 Å². The number of hydrogen-bond acceptors (Lipinski definition) is 2. The summed E-state index contributed by atoms with van der Waals surface area (Å²) in [6.45, 7) is 4.74. The maximum Gasteiger partial charge on any atom is 0.193 e. The molecule has 3 N–H and O–H groups in total. The summed E-state index contributed by atoms with van der Waals surface area (Å²) in [6.07, 6.45) is 5.86. The average Bonchev–Trinajstić information content (AvgIpc) is 3.03. The number of nitrogens with one attached hydrogen (secondary N) is 1. The van der Waals surface area contributed by atoms with E-state index in [0.717, 1.165) is 29.9 Å². The van der Waals surface area contributed by atoms with Crippen molar-refractivity contribution < 1.29 is 0 Å². The van der Waals surface area contributed by atoms with Gasteiger partial charge in [0.2, 0.25) is 0 Å². The van der Waals surface area contributed by atoms with Gasteiger partial charge in [0, 0.05) is 18.1 Å². The Hall–Kier alpha value is -2.09. The van der Waals surface area contributed by atoms with E-state index in [0.29, 0.717) is 12.5 Å². The van der Waals surface area contributed by atoms with Gasteiger partial charge in [0.15, 0.2) is 5.96 Å². The van der Waals surface area contributed by atoms with Crippen molar-refractivity contribution in [2.75, 3.05) is 5.32 Å². The Bertz CT molecular complexity index is 814. The Morgan fingerprint density at radius 1 is 1.12 bits per heavy atom. The molecule has 25 heavy (non-hydrogen) atoms. The Labute approximate surface area is 165 Å². The fourth-order valence-corrected chi connectivity index (χ4v) is 2.80. The summed E-state index contributed by atoms with van der Waals surface area (Å²) in [4.78, 5) is 8.97. The van der Waals surface area contributed by atoms with Gasteiger partial charge in [0.25, 0.3) is 0 Å². The van der Waals surface area contributed by atoms with Gasteiger partial charge in [0.05, 0.1) is 12.2 Å². The number of benzene rings is 1. The van der Waals surface area contributed by atoms with E-state index in [9.17, 15) is 0 Å². The summed E-state index contributed by atoms with van der Waals surface area (Å²) in [5, 5.41) is 3.28. The number of rotatable bonds is 5. The number of pyridine rings is 1. The van der Waals surface area contributed by atoms with Gasteiger partial charge >= 0.3 is 0 Å². The number of nitrogens with two attached hydrogens (primary N) is 1. The molecular formula is C19H24IN5. The highest BCUT2D eigenvalue weighted by molar-refractivity contribution is 14.0. The minimum absolute atomic E-state index is 0. The van der Waals surface area contributed by atoms with Crippen LogP contribution in [0, 0.1) is 0 Å². The first-order valence-electron chi connectivity index (χ1n) is 8.31. The molecule has 5 nitrogen and oxygen atoms in total. The number of aliphatic imine (C=N–C) groups is 1. The number of halogens is 1. The predicted molar refractivity (Wildman–Crippen MR) is 115 cm³/mol. The van der Waals surface area contributed by atoms with Crippen molar-refractivity contribution in [1.82, 2.24) is 9.38 Å². The molecule has 2 aromatic heterocycles. The first-order valence-corrected chi connectivity index (χ1v) is 8.31. The van der Waals surface area contributed by atoms with Crippen LogP contribution in [0.5, 0.6) is 0 Å². The van der Waals surface area contributed by atoms with E-state index in [-0.39, 0.29) is 24.0 Å². The maximum atomic E-state index is 6.10. The van der Waals surface area contributed by atoms with E-state index < -0.39 is 0 Å². The van der Waals surface area contributed by atoms with Crippen LogP contribution in [-0.4, -0.2) is 15.3 Å². The van der Waals surface area contributed by atoms with Crippen molar-refractivity contribution in [2.24, 2.45) is 10.7 Å². The fourth-order valence-electron chi connectivity index (χ4n) is 2.80. The van der Waals surface area contributed by atoms with E-state index >= 15 is 0 Å². The third-order valence-electron chi connectivity index (χ3n) is 4.08. The molecule has 0 unspecified atom stereocenters. The smallest absolute Gasteiger partial charge is 0.193 e. The quantitative estimate of drug-likeness (QED) is 0.352. The molecular weight excluding hydrogens is 425 g/mol. The Kier molecular flexibility index (Phi) is 6.81. The van der Waals surface area contributed by atoms with Crippen LogP contribution < -0.4 is 11.1 Å². The maximum absolute atomic E-state index is 6.10. The number of aromatic nitrogens is 2. The third kappa shape index (κ3) is 4.50. The number of para-hydroxylation sites is 1. The van der Waals surface area contributed by atoms with Crippen LogP contribution in [0.25, 0.3) is 5.65 Å². The van der Waals surface area contributed by atoms with Gasteiger partial charge in [-0.3, -0.25) is 0 Å². The molecule has 3 rings (SSSR count). The lowest BCUT2D eigenvalue weighted by Crippen LogP contribution is -2.24. The summed E-state index contributed by atoms with van der Waals surface area (Å²) in [5.41, 5.74) is 11.5. The first-order chi connectivity index (χ1) is 11.7. The van der Waals surface area contributed by atoms with Crippen molar-refractivity contribution in [3.63, 3.8) is 0 Å². The van der Waals surface area contributed by atoms with Crippen LogP contribution in [0.1, 0.15) is 30.7 Å². The average molecular weight is 449 g/mol. The monoisotopic (exact) mass is 449 g/mol. The lowest BCUT2D eigenvalue weighted by molar-refractivity contribution is 1.01. The molecule has 0 bridgehead atoms. The van der Waals surface area contributed by atoms with Gasteiger partial charge < -0.3 is 15.5 Å². The molecule has 132 valence electrons. The van der Waals surface area contributed by atoms with E-state index in [2.05, 4.69) is 47.3 Å². The molecule has 6 heteroatoms. The van der Waals surface area contributed by atoms with Crippen molar-refractivity contribution in [3.8, 4) is 0 Å². The summed E-state index contributed by atoms with van der Waals surface area (Å²) < 4.78 is 1.98. The summed E-state index contributed by atoms with van der Waals surface area (Å²) in [5.74, 6) is 0.419. The zero-order valence-corrected chi connectivity index (χ0v) is 16.9. The van der Waals surface area contributed by atoms with E-state index in [1.807, 2.05) is 35.0 Å². The molecule has 0 amide bonds. The molecule has 0 spiro atoms. The van der Waals surface area contributed by atoms with E-state index in [1.165, 1.54) is 11.1 Å². The van der Waals surface area contributed by atoms with Crippen LogP contribution in [-0.2, 0) is 19.4 Å². The number of aryl methyl sites for hydroxylation is 2. The van der Waals surface area contributed by atoms with E-state index in [4.69, 9.17) is 5.73 Å². The lowest BCUT2D eigenvalue weighted by atomic mass is 10.0. The largest absolute Gasteiger partial charge is 0.370 e. The van der Waals surface area contributed by atoms with Crippen molar-refractivity contribution in [3.05, 3.63) is 65.6 Å². The second kappa shape index (κ2) is 8.84. The SMILES string of the molecule is CCc1cccc(CC)c1NC(N)=NCc1cn2ccccc2n1.I. The van der Waals surface area contributed by atoms with Gasteiger partial charge in [-0.05, 0) is 36.1 Å². The Morgan fingerprint density at radius 2 is 1.84 bits per heavy atom. The third-order valence-corrected chi connectivity index (χ3v) is 4.08. The molecule has 0 aliphatic heterocycles. The zero-order chi connectivity index (χ0) is 16.9. The van der Waals surface area contributed by atoms with Gasteiger partial charge in [0.1, 0.15) is 5.65 Å². The van der Waals surface area contributed by atoms with Crippen LogP contribution in [0.4, 0.5) is 5.69 Å². The highest BCUT2D eigenvalue weighted by Gasteiger charge is 2.07. The number of anilines is 1. The molecule has 0 aliphatic carbocycles. The van der Waals surface area contributed by atoms with Crippen LogP contribution >= 0.6 is 24.0 Å². The highest BCUT2D eigenvalue weighted by Crippen LogP contribution is 2.22. The predicted octanol–water partition coefficient (Wildman–Crippen LogP) is 4.00. The van der Waals surface area contributed by atoms with Crippen molar-refractivity contribution in [2.45, 2.75) is 33.2 Å². The van der Waals surface area contributed by atoms with Crippen LogP contribution in [0.15, 0.2) is 53.8 Å².